The monoisotopic (exact) mass is 304 g/mol. The lowest BCUT2D eigenvalue weighted by Crippen LogP contribution is -2.43. The Morgan fingerprint density at radius 1 is 1.35 bits per heavy atom. The second-order valence-electron chi connectivity index (χ2n) is 3.87. The van der Waals surface area contributed by atoms with Crippen molar-refractivity contribution in [1.29, 1.82) is 0 Å². The predicted molar refractivity (Wildman–Crippen MR) is 72.9 cm³/mol. The van der Waals surface area contributed by atoms with E-state index in [-0.39, 0.29) is 6.42 Å². The molecule has 0 saturated carbocycles. The second kappa shape index (κ2) is 7.68. The molecular formula is C12H14F2N2O3S. The van der Waals surface area contributed by atoms with Gasteiger partial charge in [-0.1, -0.05) is 6.07 Å². The van der Waals surface area contributed by atoms with Crippen LogP contribution in [-0.4, -0.2) is 35.2 Å². The minimum atomic E-state index is -1.21. The van der Waals surface area contributed by atoms with Crippen molar-refractivity contribution in [2.75, 3.05) is 17.3 Å². The van der Waals surface area contributed by atoms with Gasteiger partial charge in [0.25, 0.3) is 0 Å². The number of carbonyl (C=O) groups excluding carboxylic acids is 1. The molecule has 1 rings (SSSR count). The summed E-state index contributed by atoms with van der Waals surface area (Å²) in [5, 5.41) is 13.1. The largest absolute Gasteiger partial charge is 0.480 e. The molecule has 20 heavy (non-hydrogen) atoms. The average Bonchev–Trinajstić information content (AvgIpc) is 2.38. The van der Waals surface area contributed by atoms with Crippen molar-refractivity contribution in [2.45, 2.75) is 12.5 Å². The Kier molecular flexibility index (Phi) is 6.23. The maximum atomic E-state index is 13.3. The third kappa shape index (κ3) is 4.69. The number of carbonyl (C=O) groups is 2. The molecule has 0 unspecified atom stereocenters. The number of urea groups is 1. The van der Waals surface area contributed by atoms with E-state index in [2.05, 4.69) is 5.32 Å². The Morgan fingerprint density at radius 3 is 2.45 bits per heavy atom. The predicted octanol–water partition coefficient (Wildman–Crippen LogP) is 2.29. The van der Waals surface area contributed by atoms with Crippen molar-refractivity contribution in [2.24, 2.45) is 0 Å². The van der Waals surface area contributed by atoms with Crippen molar-refractivity contribution in [3.8, 4) is 0 Å². The van der Waals surface area contributed by atoms with Gasteiger partial charge < -0.3 is 15.7 Å². The molecular weight excluding hydrogens is 290 g/mol. The van der Waals surface area contributed by atoms with E-state index in [0.717, 1.165) is 18.2 Å². The first kappa shape index (κ1) is 16.2. The third-order valence-electron chi connectivity index (χ3n) is 2.42. The summed E-state index contributed by atoms with van der Waals surface area (Å²) in [6.45, 7) is 0. The van der Waals surface area contributed by atoms with Crippen molar-refractivity contribution in [1.82, 2.24) is 5.32 Å². The van der Waals surface area contributed by atoms with Gasteiger partial charge in [-0.05, 0) is 30.6 Å². The standard InChI is InChI=1S/C12H14F2N2O3S/c1-20-6-5-9(11(17)18)15-12(19)16-10-7(13)3-2-4-8(10)14/h2-4,9H,5-6H2,1H3,(H,17,18)(H2,15,16,19)/t9-/m0/s1. The molecule has 0 aliphatic heterocycles. The Morgan fingerprint density at radius 2 is 1.95 bits per heavy atom. The van der Waals surface area contributed by atoms with Crippen molar-refractivity contribution < 1.29 is 23.5 Å². The smallest absolute Gasteiger partial charge is 0.326 e. The van der Waals surface area contributed by atoms with Crippen LogP contribution in [0.3, 0.4) is 0 Å². The number of aliphatic carboxylic acids is 1. The molecule has 0 bridgehead atoms. The highest BCUT2D eigenvalue weighted by molar-refractivity contribution is 7.98. The molecule has 0 aliphatic rings. The number of hydrogen-bond acceptors (Lipinski definition) is 3. The van der Waals surface area contributed by atoms with Gasteiger partial charge in [0.05, 0.1) is 0 Å². The van der Waals surface area contributed by atoms with Crippen LogP contribution in [0.5, 0.6) is 0 Å². The Hall–Kier alpha value is -1.83. The number of thioether (sulfide) groups is 1. The minimum Gasteiger partial charge on any atom is -0.480 e. The van der Waals surface area contributed by atoms with Crippen LogP contribution in [0.1, 0.15) is 6.42 Å². The summed E-state index contributed by atoms with van der Waals surface area (Å²) in [7, 11) is 0. The Bertz CT molecular complexity index is 479. The van der Waals surface area contributed by atoms with E-state index in [1.165, 1.54) is 11.8 Å². The quantitative estimate of drug-likeness (QED) is 0.753. The van der Waals surface area contributed by atoms with Crippen LogP contribution < -0.4 is 10.6 Å². The zero-order valence-corrected chi connectivity index (χ0v) is 11.5. The van der Waals surface area contributed by atoms with Gasteiger partial charge in [0.1, 0.15) is 23.4 Å². The van der Waals surface area contributed by atoms with E-state index in [4.69, 9.17) is 5.11 Å². The normalized spacial score (nSPS) is 11.8. The second-order valence-corrected chi connectivity index (χ2v) is 4.85. The molecule has 0 aromatic heterocycles. The maximum Gasteiger partial charge on any atom is 0.326 e. The van der Waals surface area contributed by atoms with E-state index < -0.39 is 35.4 Å². The van der Waals surface area contributed by atoms with Crippen LogP contribution in [0.2, 0.25) is 0 Å². The molecule has 1 aromatic rings. The van der Waals surface area contributed by atoms with Crippen LogP contribution in [-0.2, 0) is 4.79 Å². The molecule has 0 heterocycles. The number of halogens is 2. The van der Waals surface area contributed by atoms with Crippen LogP contribution in [0, 0.1) is 11.6 Å². The number of rotatable bonds is 6. The first-order chi connectivity index (χ1) is 9.45. The van der Waals surface area contributed by atoms with Crippen molar-refractivity contribution >= 4 is 29.4 Å². The molecule has 0 fully saturated rings. The van der Waals surface area contributed by atoms with E-state index in [1.807, 2.05) is 5.32 Å². The molecule has 110 valence electrons. The number of amides is 2. The summed E-state index contributed by atoms with van der Waals surface area (Å²) in [4.78, 5) is 22.5. The van der Waals surface area contributed by atoms with Crippen molar-refractivity contribution in [3.63, 3.8) is 0 Å². The number of nitrogens with one attached hydrogen (secondary N) is 2. The number of carboxylic acids is 1. The molecule has 5 nitrogen and oxygen atoms in total. The molecule has 1 atom stereocenters. The van der Waals surface area contributed by atoms with Gasteiger partial charge in [-0.15, -0.1) is 0 Å². The van der Waals surface area contributed by atoms with Gasteiger partial charge in [0, 0.05) is 0 Å². The minimum absolute atomic E-state index is 0.212. The van der Waals surface area contributed by atoms with E-state index >= 15 is 0 Å². The van der Waals surface area contributed by atoms with Gasteiger partial charge in [-0.2, -0.15) is 11.8 Å². The molecule has 0 spiro atoms. The number of benzene rings is 1. The molecule has 0 aliphatic carbocycles. The van der Waals surface area contributed by atoms with Crippen LogP contribution in [0.4, 0.5) is 19.3 Å². The highest BCUT2D eigenvalue weighted by Crippen LogP contribution is 2.17. The summed E-state index contributed by atoms with van der Waals surface area (Å²) in [5.74, 6) is -2.54. The fourth-order valence-corrected chi connectivity index (χ4v) is 1.89. The summed E-state index contributed by atoms with van der Waals surface area (Å²) in [6.07, 6.45) is 2.01. The van der Waals surface area contributed by atoms with Gasteiger partial charge in [-0.3, -0.25) is 0 Å². The number of para-hydroxylation sites is 1. The average molecular weight is 304 g/mol. The molecule has 2 amide bonds. The number of hydrogen-bond donors (Lipinski definition) is 3. The SMILES string of the molecule is CSCC[C@H](NC(=O)Nc1c(F)cccc1F)C(=O)O. The fraction of sp³-hybridized carbons (Fsp3) is 0.333. The zero-order valence-electron chi connectivity index (χ0n) is 10.7. The van der Waals surface area contributed by atoms with Gasteiger partial charge in [0.15, 0.2) is 0 Å². The number of carboxylic acid groups (broad SMARTS) is 1. The third-order valence-corrected chi connectivity index (χ3v) is 3.06. The Labute approximate surface area is 118 Å². The molecule has 3 N–H and O–H groups in total. The summed E-state index contributed by atoms with van der Waals surface area (Å²) in [6, 6.07) is 1.05. The van der Waals surface area contributed by atoms with E-state index in [0.29, 0.717) is 5.75 Å². The summed E-state index contributed by atoms with van der Waals surface area (Å²) >= 11 is 1.43. The van der Waals surface area contributed by atoms with Gasteiger partial charge in [0.2, 0.25) is 0 Å². The lowest BCUT2D eigenvalue weighted by molar-refractivity contribution is -0.139. The molecule has 1 aromatic carbocycles. The zero-order chi connectivity index (χ0) is 15.1. The lowest BCUT2D eigenvalue weighted by Gasteiger charge is -2.15. The van der Waals surface area contributed by atoms with E-state index in [9.17, 15) is 18.4 Å². The lowest BCUT2D eigenvalue weighted by atomic mass is 10.2. The molecule has 8 heteroatoms. The first-order valence-corrected chi connectivity index (χ1v) is 7.08. The number of anilines is 1. The van der Waals surface area contributed by atoms with Crippen LogP contribution >= 0.6 is 11.8 Å². The Balaban J connectivity index is 2.68. The van der Waals surface area contributed by atoms with Gasteiger partial charge >= 0.3 is 12.0 Å². The highest BCUT2D eigenvalue weighted by Gasteiger charge is 2.20. The summed E-state index contributed by atoms with van der Waals surface area (Å²) < 4.78 is 26.6. The molecule has 0 saturated heterocycles. The maximum absolute atomic E-state index is 13.3. The fourth-order valence-electron chi connectivity index (χ4n) is 1.42. The topological polar surface area (TPSA) is 78.4 Å². The van der Waals surface area contributed by atoms with Crippen LogP contribution in [0.15, 0.2) is 18.2 Å². The summed E-state index contributed by atoms with van der Waals surface area (Å²) in [5.41, 5.74) is -0.612. The van der Waals surface area contributed by atoms with Crippen molar-refractivity contribution in [3.05, 3.63) is 29.8 Å². The van der Waals surface area contributed by atoms with E-state index in [1.54, 1.807) is 6.26 Å². The van der Waals surface area contributed by atoms with Crippen LogP contribution in [0.25, 0.3) is 0 Å². The first-order valence-electron chi connectivity index (χ1n) is 5.69. The molecule has 0 radical (unpaired) electrons. The highest BCUT2D eigenvalue weighted by atomic mass is 32.2. The van der Waals surface area contributed by atoms with Gasteiger partial charge in [-0.25, -0.2) is 18.4 Å².